The third kappa shape index (κ3) is 2.22. The summed E-state index contributed by atoms with van der Waals surface area (Å²) in [4.78, 5) is 11.9. The number of nitrogens with zero attached hydrogens (tertiary/aromatic N) is 1. The van der Waals surface area contributed by atoms with Crippen LogP contribution in [0.2, 0.25) is 0 Å². The van der Waals surface area contributed by atoms with E-state index in [0.717, 1.165) is 11.8 Å². The quantitative estimate of drug-likeness (QED) is 0.804. The average Bonchev–Trinajstić information content (AvgIpc) is 2.68. The number of aryl methyl sites for hydroxylation is 1. The standard InChI is InChI=1S/C13H16FN3O/c1-17-11(13(18)16-7-3-6-15)8-9-4-2-5-10(14)12(9)17/h2,4-5,8H,3,6-7,15H2,1H3,(H,16,18). The molecule has 0 aliphatic carbocycles. The van der Waals surface area contributed by atoms with Crippen molar-refractivity contribution >= 4 is 16.8 Å². The number of halogens is 1. The molecule has 4 nitrogen and oxygen atoms in total. The molecular weight excluding hydrogens is 233 g/mol. The fourth-order valence-electron chi connectivity index (χ4n) is 1.98. The van der Waals surface area contributed by atoms with Gasteiger partial charge in [0, 0.05) is 19.0 Å². The molecule has 2 aromatic rings. The Morgan fingerprint density at radius 2 is 2.28 bits per heavy atom. The van der Waals surface area contributed by atoms with E-state index in [-0.39, 0.29) is 11.7 Å². The minimum absolute atomic E-state index is 0.207. The molecule has 0 aliphatic heterocycles. The van der Waals surface area contributed by atoms with Crippen molar-refractivity contribution in [1.82, 2.24) is 9.88 Å². The summed E-state index contributed by atoms with van der Waals surface area (Å²) in [6.07, 6.45) is 0.726. The second kappa shape index (κ2) is 5.18. The number of hydrogen-bond donors (Lipinski definition) is 2. The zero-order valence-electron chi connectivity index (χ0n) is 10.2. The SMILES string of the molecule is Cn1c(C(=O)NCCCN)cc2cccc(F)c21. The second-order valence-electron chi connectivity index (χ2n) is 4.16. The summed E-state index contributed by atoms with van der Waals surface area (Å²) >= 11 is 0. The third-order valence-electron chi connectivity index (χ3n) is 2.91. The Kier molecular flexibility index (Phi) is 3.62. The van der Waals surface area contributed by atoms with Gasteiger partial charge in [-0.3, -0.25) is 4.79 Å². The van der Waals surface area contributed by atoms with Crippen molar-refractivity contribution in [2.45, 2.75) is 6.42 Å². The van der Waals surface area contributed by atoms with E-state index in [1.807, 2.05) is 0 Å². The number of amides is 1. The monoisotopic (exact) mass is 249 g/mol. The maximum absolute atomic E-state index is 13.7. The van der Waals surface area contributed by atoms with Crippen molar-refractivity contribution in [3.05, 3.63) is 35.8 Å². The zero-order chi connectivity index (χ0) is 13.1. The van der Waals surface area contributed by atoms with Crippen LogP contribution < -0.4 is 11.1 Å². The summed E-state index contributed by atoms with van der Waals surface area (Å²) in [6, 6.07) is 6.50. The van der Waals surface area contributed by atoms with Crippen molar-refractivity contribution in [2.75, 3.05) is 13.1 Å². The fourth-order valence-corrected chi connectivity index (χ4v) is 1.98. The van der Waals surface area contributed by atoms with Crippen LogP contribution in [0.4, 0.5) is 4.39 Å². The van der Waals surface area contributed by atoms with Crippen LogP contribution in [0.1, 0.15) is 16.9 Å². The minimum Gasteiger partial charge on any atom is -0.351 e. The van der Waals surface area contributed by atoms with Gasteiger partial charge in [-0.25, -0.2) is 4.39 Å². The average molecular weight is 249 g/mol. The van der Waals surface area contributed by atoms with Gasteiger partial charge in [0.25, 0.3) is 5.91 Å². The molecule has 5 heteroatoms. The number of fused-ring (bicyclic) bond motifs is 1. The largest absolute Gasteiger partial charge is 0.351 e. The Morgan fingerprint density at radius 3 is 2.94 bits per heavy atom. The van der Waals surface area contributed by atoms with Gasteiger partial charge in [0.1, 0.15) is 11.5 Å². The number of nitrogens with one attached hydrogen (secondary N) is 1. The van der Waals surface area contributed by atoms with Crippen molar-refractivity contribution in [2.24, 2.45) is 12.8 Å². The van der Waals surface area contributed by atoms with Crippen molar-refractivity contribution in [3.63, 3.8) is 0 Å². The van der Waals surface area contributed by atoms with E-state index in [1.54, 1.807) is 29.8 Å². The zero-order valence-corrected chi connectivity index (χ0v) is 10.2. The van der Waals surface area contributed by atoms with E-state index < -0.39 is 0 Å². The highest BCUT2D eigenvalue weighted by Crippen LogP contribution is 2.21. The number of carbonyl (C=O) groups excluding carboxylic acids is 1. The molecular formula is C13H16FN3O. The van der Waals surface area contributed by atoms with Crippen LogP contribution >= 0.6 is 0 Å². The number of nitrogens with two attached hydrogens (primary N) is 1. The number of para-hydroxylation sites is 1. The molecule has 0 fully saturated rings. The van der Waals surface area contributed by atoms with Crippen molar-refractivity contribution in [1.29, 1.82) is 0 Å². The van der Waals surface area contributed by atoms with E-state index in [2.05, 4.69) is 5.32 Å². The van der Waals surface area contributed by atoms with E-state index >= 15 is 0 Å². The molecule has 3 N–H and O–H groups in total. The number of hydrogen-bond acceptors (Lipinski definition) is 2. The molecule has 0 radical (unpaired) electrons. The number of benzene rings is 1. The molecule has 0 bridgehead atoms. The van der Waals surface area contributed by atoms with Gasteiger partial charge in [-0.05, 0) is 25.1 Å². The van der Waals surface area contributed by atoms with Gasteiger partial charge in [0.2, 0.25) is 0 Å². The second-order valence-corrected chi connectivity index (χ2v) is 4.16. The Balaban J connectivity index is 2.31. The highest BCUT2D eigenvalue weighted by Gasteiger charge is 2.14. The molecule has 1 amide bonds. The molecule has 1 aromatic heterocycles. The van der Waals surface area contributed by atoms with E-state index in [0.29, 0.717) is 24.3 Å². The molecule has 0 unspecified atom stereocenters. The molecule has 0 atom stereocenters. The topological polar surface area (TPSA) is 60.0 Å². The minimum atomic E-state index is -0.323. The molecule has 0 saturated carbocycles. The summed E-state index contributed by atoms with van der Waals surface area (Å²) in [5, 5.41) is 3.48. The summed E-state index contributed by atoms with van der Waals surface area (Å²) < 4.78 is 15.2. The maximum Gasteiger partial charge on any atom is 0.267 e. The summed E-state index contributed by atoms with van der Waals surface area (Å²) in [5.41, 5.74) is 6.26. The maximum atomic E-state index is 13.7. The van der Waals surface area contributed by atoms with Gasteiger partial charge in [-0.1, -0.05) is 12.1 Å². The number of aromatic nitrogens is 1. The fraction of sp³-hybridized carbons (Fsp3) is 0.308. The molecule has 18 heavy (non-hydrogen) atoms. The normalized spacial score (nSPS) is 10.8. The molecule has 2 rings (SSSR count). The molecule has 0 saturated heterocycles. The summed E-state index contributed by atoms with van der Waals surface area (Å²) in [5.74, 6) is -0.530. The van der Waals surface area contributed by atoms with Crippen LogP contribution in [0.5, 0.6) is 0 Å². The Labute approximate surface area is 105 Å². The highest BCUT2D eigenvalue weighted by atomic mass is 19.1. The molecule has 96 valence electrons. The van der Waals surface area contributed by atoms with Crippen LogP contribution in [0, 0.1) is 5.82 Å². The van der Waals surface area contributed by atoms with Crippen LogP contribution in [-0.4, -0.2) is 23.6 Å². The van der Waals surface area contributed by atoms with Crippen molar-refractivity contribution < 1.29 is 9.18 Å². The highest BCUT2D eigenvalue weighted by molar-refractivity contribution is 5.98. The van der Waals surface area contributed by atoms with Gasteiger partial charge >= 0.3 is 0 Å². The number of carbonyl (C=O) groups is 1. The van der Waals surface area contributed by atoms with E-state index in [4.69, 9.17) is 5.73 Å². The predicted molar refractivity (Wildman–Crippen MR) is 68.9 cm³/mol. The first-order valence-corrected chi connectivity index (χ1v) is 5.87. The van der Waals surface area contributed by atoms with Gasteiger partial charge < -0.3 is 15.6 Å². The summed E-state index contributed by atoms with van der Waals surface area (Å²) in [7, 11) is 1.68. The van der Waals surface area contributed by atoms with E-state index in [1.165, 1.54) is 6.07 Å². The van der Waals surface area contributed by atoms with E-state index in [9.17, 15) is 9.18 Å². The van der Waals surface area contributed by atoms with Crippen LogP contribution in [-0.2, 0) is 7.05 Å². The Hall–Kier alpha value is -1.88. The lowest BCUT2D eigenvalue weighted by molar-refractivity contribution is 0.0946. The first kappa shape index (κ1) is 12.6. The Bertz CT molecular complexity index is 577. The molecule has 0 spiro atoms. The van der Waals surface area contributed by atoms with Crippen LogP contribution in [0.15, 0.2) is 24.3 Å². The lowest BCUT2D eigenvalue weighted by Crippen LogP contribution is -2.27. The first-order chi connectivity index (χ1) is 8.65. The smallest absolute Gasteiger partial charge is 0.267 e. The Morgan fingerprint density at radius 1 is 1.50 bits per heavy atom. The predicted octanol–water partition coefficient (Wildman–Crippen LogP) is 1.40. The first-order valence-electron chi connectivity index (χ1n) is 5.87. The molecule has 0 aliphatic rings. The van der Waals surface area contributed by atoms with Gasteiger partial charge in [-0.15, -0.1) is 0 Å². The molecule has 1 aromatic carbocycles. The lowest BCUT2D eigenvalue weighted by atomic mass is 10.2. The van der Waals surface area contributed by atoms with Gasteiger partial charge in [0.15, 0.2) is 0 Å². The van der Waals surface area contributed by atoms with Gasteiger partial charge in [0.05, 0.1) is 5.52 Å². The van der Waals surface area contributed by atoms with Gasteiger partial charge in [-0.2, -0.15) is 0 Å². The third-order valence-corrected chi connectivity index (χ3v) is 2.91. The van der Waals surface area contributed by atoms with Crippen LogP contribution in [0.3, 0.4) is 0 Å². The lowest BCUT2D eigenvalue weighted by Gasteiger charge is -2.05. The molecule has 1 heterocycles. The van der Waals surface area contributed by atoms with Crippen molar-refractivity contribution in [3.8, 4) is 0 Å². The number of rotatable bonds is 4. The summed E-state index contributed by atoms with van der Waals surface area (Å²) in [6.45, 7) is 1.06. The van der Waals surface area contributed by atoms with Crippen LogP contribution in [0.25, 0.3) is 10.9 Å².